The minimum Gasteiger partial charge on any atom is -0.464 e. The Balaban J connectivity index is 2.20. The molecule has 2 heterocycles. The second kappa shape index (κ2) is 5.17. The fourth-order valence-corrected chi connectivity index (χ4v) is 2.28. The maximum Gasteiger partial charge on any atom is 0.328 e. The lowest BCUT2D eigenvalue weighted by atomic mass is 10.2. The van der Waals surface area contributed by atoms with Crippen molar-refractivity contribution in [2.75, 3.05) is 18.1 Å². The van der Waals surface area contributed by atoms with Crippen molar-refractivity contribution < 1.29 is 9.53 Å². The summed E-state index contributed by atoms with van der Waals surface area (Å²) in [5, 5.41) is 0. The SMILES string of the molecule is CCOC(=O)C1CCCN1c1ncccc1C. The first-order chi connectivity index (χ1) is 8.24. The van der Waals surface area contributed by atoms with Gasteiger partial charge < -0.3 is 9.64 Å². The Morgan fingerprint density at radius 1 is 1.65 bits per heavy atom. The molecule has 1 fully saturated rings. The lowest BCUT2D eigenvalue weighted by Crippen LogP contribution is -2.38. The highest BCUT2D eigenvalue weighted by molar-refractivity contribution is 5.80. The molecule has 1 aromatic heterocycles. The van der Waals surface area contributed by atoms with Crippen LogP contribution in [0, 0.1) is 6.92 Å². The minimum atomic E-state index is -0.163. The van der Waals surface area contributed by atoms with Crippen LogP contribution >= 0.6 is 0 Å². The van der Waals surface area contributed by atoms with Crippen LogP contribution in [0.3, 0.4) is 0 Å². The molecule has 1 aliphatic rings. The van der Waals surface area contributed by atoms with E-state index in [-0.39, 0.29) is 12.0 Å². The summed E-state index contributed by atoms with van der Waals surface area (Å²) < 4.78 is 5.11. The molecular weight excluding hydrogens is 216 g/mol. The molecule has 0 amide bonds. The summed E-state index contributed by atoms with van der Waals surface area (Å²) in [7, 11) is 0. The molecule has 1 saturated heterocycles. The second-order valence-electron chi connectivity index (χ2n) is 4.25. The van der Waals surface area contributed by atoms with Crippen LogP contribution in [0.5, 0.6) is 0 Å². The van der Waals surface area contributed by atoms with Gasteiger partial charge in [-0.3, -0.25) is 0 Å². The fourth-order valence-electron chi connectivity index (χ4n) is 2.28. The number of rotatable bonds is 3. The predicted molar refractivity (Wildman–Crippen MR) is 66.0 cm³/mol. The van der Waals surface area contributed by atoms with Gasteiger partial charge in [-0.2, -0.15) is 0 Å². The maximum absolute atomic E-state index is 11.8. The smallest absolute Gasteiger partial charge is 0.328 e. The molecule has 0 bridgehead atoms. The summed E-state index contributed by atoms with van der Waals surface area (Å²) in [5.74, 6) is 0.776. The average Bonchev–Trinajstić information content (AvgIpc) is 2.79. The van der Waals surface area contributed by atoms with E-state index in [4.69, 9.17) is 4.74 Å². The third kappa shape index (κ3) is 2.40. The highest BCUT2D eigenvalue weighted by Gasteiger charge is 2.33. The van der Waals surface area contributed by atoms with Crippen LogP contribution in [0.1, 0.15) is 25.3 Å². The standard InChI is InChI=1S/C13H18N2O2/c1-3-17-13(16)11-7-5-9-15(11)12-10(2)6-4-8-14-12/h4,6,8,11H,3,5,7,9H2,1-2H3. The topological polar surface area (TPSA) is 42.4 Å². The molecule has 0 saturated carbocycles. The Bertz CT molecular complexity index is 406. The van der Waals surface area contributed by atoms with Crippen LogP contribution in [0.15, 0.2) is 18.3 Å². The van der Waals surface area contributed by atoms with E-state index in [1.54, 1.807) is 6.20 Å². The number of esters is 1. The van der Waals surface area contributed by atoms with Crippen molar-refractivity contribution in [3.63, 3.8) is 0 Å². The van der Waals surface area contributed by atoms with E-state index in [1.807, 2.05) is 26.0 Å². The zero-order valence-corrected chi connectivity index (χ0v) is 10.3. The number of carbonyl (C=O) groups excluding carboxylic acids is 1. The molecule has 2 rings (SSSR count). The van der Waals surface area contributed by atoms with Gasteiger partial charge in [-0.25, -0.2) is 9.78 Å². The van der Waals surface area contributed by atoms with Gasteiger partial charge in [0.05, 0.1) is 6.61 Å². The first kappa shape index (κ1) is 11.9. The summed E-state index contributed by atoms with van der Waals surface area (Å²) in [5.41, 5.74) is 1.10. The van der Waals surface area contributed by atoms with Crippen LogP contribution < -0.4 is 4.90 Å². The van der Waals surface area contributed by atoms with Crippen molar-refractivity contribution in [2.24, 2.45) is 0 Å². The second-order valence-corrected chi connectivity index (χ2v) is 4.25. The van der Waals surface area contributed by atoms with Gasteiger partial charge in [0.1, 0.15) is 11.9 Å². The third-order valence-electron chi connectivity index (χ3n) is 3.07. The maximum atomic E-state index is 11.8. The summed E-state index contributed by atoms with van der Waals surface area (Å²) in [4.78, 5) is 18.3. The van der Waals surface area contributed by atoms with Gasteiger partial charge in [-0.05, 0) is 38.3 Å². The molecule has 4 nitrogen and oxygen atoms in total. The lowest BCUT2D eigenvalue weighted by Gasteiger charge is -2.25. The molecule has 0 radical (unpaired) electrons. The van der Waals surface area contributed by atoms with Crippen LogP contribution in [0.25, 0.3) is 0 Å². The first-order valence-corrected chi connectivity index (χ1v) is 6.09. The molecule has 1 aromatic rings. The molecular formula is C13H18N2O2. The monoisotopic (exact) mass is 234 g/mol. The van der Waals surface area contributed by atoms with E-state index in [9.17, 15) is 4.79 Å². The number of anilines is 1. The third-order valence-corrected chi connectivity index (χ3v) is 3.07. The predicted octanol–water partition coefficient (Wildman–Crippen LogP) is 1.92. The summed E-state index contributed by atoms with van der Waals surface area (Å²) in [6.07, 6.45) is 3.64. The fraction of sp³-hybridized carbons (Fsp3) is 0.538. The van der Waals surface area contributed by atoms with E-state index in [1.165, 1.54) is 0 Å². The molecule has 1 atom stereocenters. The molecule has 0 N–H and O–H groups in total. The number of hydrogen-bond donors (Lipinski definition) is 0. The molecule has 0 aromatic carbocycles. The molecule has 1 aliphatic heterocycles. The van der Waals surface area contributed by atoms with Gasteiger partial charge in [0.2, 0.25) is 0 Å². The van der Waals surface area contributed by atoms with E-state index >= 15 is 0 Å². The number of aryl methyl sites for hydroxylation is 1. The average molecular weight is 234 g/mol. The zero-order chi connectivity index (χ0) is 12.3. The van der Waals surface area contributed by atoms with Crippen molar-refractivity contribution in [1.29, 1.82) is 0 Å². The summed E-state index contributed by atoms with van der Waals surface area (Å²) in [6, 6.07) is 3.76. The van der Waals surface area contributed by atoms with Gasteiger partial charge in [0.15, 0.2) is 0 Å². The quantitative estimate of drug-likeness (QED) is 0.749. The van der Waals surface area contributed by atoms with E-state index in [0.29, 0.717) is 6.61 Å². The number of carbonyl (C=O) groups is 1. The van der Waals surface area contributed by atoms with Gasteiger partial charge >= 0.3 is 5.97 Å². The molecule has 0 aliphatic carbocycles. The van der Waals surface area contributed by atoms with Crippen molar-refractivity contribution >= 4 is 11.8 Å². The zero-order valence-electron chi connectivity index (χ0n) is 10.3. The Morgan fingerprint density at radius 3 is 3.18 bits per heavy atom. The highest BCUT2D eigenvalue weighted by atomic mass is 16.5. The molecule has 1 unspecified atom stereocenters. The van der Waals surface area contributed by atoms with Gasteiger partial charge in [-0.15, -0.1) is 0 Å². The molecule has 4 heteroatoms. The van der Waals surface area contributed by atoms with Crippen LogP contribution in [-0.2, 0) is 9.53 Å². The molecule has 17 heavy (non-hydrogen) atoms. The highest BCUT2D eigenvalue weighted by Crippen LogP contribution is 2.26. The number of pyridine rings is 1. The van der Waals surface area contributed by atoms with Crippen molar-refractivity contribution in [3.8, 4) is 0 Å². The van der Waals surface area contributed by atoms with E-state index in [0.717, 1.165) is 30.8 Å². The summed E-state index contributed by atoms with van der Waals surface area (Å²) in [6.45, 7) is 5.16. The summed E-state index contributed by atoms with van der Waals surface area (Å²) >= 11 is 0. The minimum absolute atomic E-state index is 0.130. The Labute approximate surface area is 102 Å². The van der Waals surface area contributed by atoms with Crippen LogP contribution in [-0.4, -0.2) is 30.1 Å². The Kier molecular flexibility index (Phi) is 3.61. The number of hydrogen-bond acceptors (Lipinski definition) is 4. The number of nitrogens with zero attached hydrogens (tertiary/aromatic N) is 2. The van der Waals surface area contributed by atoms with Crippen LogP contribution in [0.4, 0.5) is 5.82 Å². The first-order valence-electron chi connectivity index (χ1n) is 6.09. The lowest BCUT2D eigenvalue weighted by molar-refractivity contribution is -0.144. The van der Waals surface area contributed by atoms with Crippen LogP contribution in [0.2, 0.25) is 0 Å². The van der Waals surface area contributed by atoms with E-state index < -0.39 is 0 Å². The van der Waals surface area contributed by atoms with Crippen molar-refractivity contribution in [2.45, 2.75) is 32.7 Å². The van der Waals surface area contributed by atoms with E-state index in [2.05, 4.69) is 9.88 Å². The molecule has 92 valence electrons. The molecule has 0 spiro atoms. The largest absolute Gasteiger partial charge is 0.464 e. The number of aromatic nitrogens is 1. The number of ether oxygens (including phenoxy) is 1. The normalized spacial score (nSPS) is 19.4. The van der Waals surface area contributed by atoms with Gasteiger partial charge in [0.25, 0.3) is 0 Å². The van der Waals surface area contributed by atoms with Gasteiger partial charge in [0, 0.05) is 12.7 Å². The Hall–Kier alpha value is -1.58. The van der Waals surface area contributed by atoms with Crippen molar-refractivity contribution in [3.05, 3.63) is 23.9 Å². The van der Waals surface area contributed by atoms with Crippen molar-refractivity contribution in [1.82, 2.24) is 4.98 Å². The Morgan fingerprint density at radius 2 is 2.47 bits per heavy atom. The van der Waals surface area contributed by atoms with Gasteiger partial charge in [-0.1, -0.05) is 6.07 Å².